The highest BCUT2D eigenvalue weighted by atomic mass is 16.5. The minimum absolute atomic E-state index is 0.917. The summed E-state index contributed by atoms with van der Waals surface area (Å²) in [6.45, 7) is 10.0. The first kappa shape index (κ1) is 12.3. The minimum atomic E-state index is 0.917. The van der Waals surface area contributed by atoms with Crippen LogP contribution in [0.1, 0.15) is 26.2 Å². The van der Waals surface area contributed by atoms with E-state index in [9.17, 15) is 0 Å². The van der Waals surface area contributed by atoms with Crippen molar-refractivity contribution in [2.24, 2.45) is 11.8 Å². The first-order valence-electron chi connectivity index (χ1n) is 6.85. The van der Waals surface area contributed by atoms with Crippen LogP contribution in [0.3, 0.4) is 0 Å². The summed E-state index contributed by atoms with van der Waals surface area (Å²) in [7, 11) is 0. The molecule has 0 aromatic heterocycles. The van der Waals surface area contributed by atoms with Crippen LogP contribution >= 0.6 is 0 Å². The molecule has 2 aliphatic rings. The van der Waals surface area contributed by atoms with E-state index in [0.29, 0.717) is 0 Å². The summed E-state index contributed by atoms with van der Waals surface area (Å²) in [5.74, 6) is 1.91. The summed E-state index contributed by atoms with van der Waals surface area (Å²) in [6, 6.07) is 0. The van der Waals surface area contributed by atoms with Gasteiger partial charge in [0, 0.05) is 26.2 Å². The Kier molecular flexibility index (Phi) is 5.07. The Morgan fingerprint density at radius 1 is 1.25 bits per heavy atom. The van der Waals surface area contributed by atoms with Crippen LogP contribution < -0.4 is 5.32 Å². The van der Waals surface area contributed by atoms with E-state index < -0.39 is 0 Å². The molecule has 0 aromatic rings. The zero-order valence-corrected chi connectivity index (χ0v) is 10.6. The molecule has 0 radical (unpaired) electrons. The van der Waals surface area contributed by atoms with Gasteiger partial charge in [0.15, 0.2) is 0 Å². The van der Waals surface area contributed by atoms with Crippen molar-refractivity contribution in [3.8, 4) is 0 Å². The van der Waals surface area contributed by atoms with Gasteiger partial charge in [-0.2, -0.15) is 0 Å². The molecule has 1 N–H and O–H groups in total. The van der Waals surface area contributed by atoms with E-state index in [1.54, 1.807) is 0 Å². The SMILES string of the molecule is CC1CCC(CNCCN2CCOCC2)C1. The third-order valence-corrected chi connectivity index (χ3v) is 3.94. The molecule has 1 heterocycles. The molecule has 0 aromatic carbocycles. The molecule has 2 atom stereocenters. The molecule has 1 aliphatic carbocycles. The molecule has 0 bridgehead atoms. The van der Waals surface area contributed by atoms with E-state index >= 15 is 0 Å². The van der Waals surface area contributed by atoms with E-state index in [-0.39, 0.29) is 0 Å². The zero-order chi connectivity index (χ0) is 11.2. The summed E-state index contributed by atoms with van der Waals surface area (Å²) in [5, 5.41) is 3.61. The molecule has 16 heavy (non-hydrogen) atoms. The van der Waals surface area contributed by atoms with Crippen LogP contribution in [0.2, 0.25) is 0 Å². The van der Waals surface area contributed by atoms with Crippen LogP contribution in [0.5, 0.6) is 0 Å². The largest absolute Gasteiger partial charge is 0.379 e. The van der Waals surface area contributed by atoms with E-state index in [2.05, 4.69) is 17.1 Å². The fourth-order valence-electron chi connectivity index (χ4n) is 2.88. The second-order valence-corrected chi connectivity index (χ2v) is 5.44. The Morgan fingerprint density at radius 3 is 2.75 bits per heavy atom. The van der Waals surface area contributed by atoms with Gasteiger partial charge in [-0.3, -0.25) is 4.90 Å². The lowest BCUT2D eigenvalue weighted by Gasteiger charge is -2.26. The summed E-state index contributed by atoms with van der Waals surface area (Å²) in [5.41, 5.74) is 0. The van der Waals surface area contributed by atoms with Crippen molar-refractivity contribution in [3.05, 3.63) is 0 Å². The second kappa shape index (κ2) is 6.58. The first-order valence-corrected chi connectivity index (χ1v) is 6.85. The van der Waals surface area contributed by atoms with Crippen LogP contribution in [0.25, 0.3) is 0 Å². The summed E-state index contributed by atoms with van der Waals surface area (Å²) in [6.07, 6.45) is 4.31. The number of ether oxygens (including phenoxy) is 1. The first-order chi connectivity index (χ1) is 7.84. The lowest BCUT2D eigenvalue weighted by atomic mass is 10.1. The van der Waals surface area contributed by atoms with E-state index in [4.69, 9.17) is 4.74 Å². The number of rotatable bonds is 5. The Bertz CT molecular complexity index is 186. The molecule has 0 spiro atoms. The van der Waals surface area contributed by atoms with Crippen molar-refractivity contribution >= 4 is 0 Å². The molecular formula is C13H26N2O. The highest BCUT2D eigenvalue weighted by molar-refractivity contribution is 4.74. The lowest BCUT2D eigenvalue weighted by Crippen LogP contribution is -2.40. The minimum Gasteiger partial charge on any atom is -0.379 e. The molecule has 3 nitrogen and oxygen atoms in total. The van der Waals surface area contributed by atoms with E-state index in [1.807, 2.05) is 0 Å². The molecule has 3 heteroatoms. The predicted octanol–water partition coefficient (Wildman–Crippen LogP) is 1.34. The normalized spacial score (nSPS) is 32.1. The molecule has 1 saturated heterocycles. The van der Waals surface area contributed by atoms with Crippen molar-refractivity contribution in [1.82, 2.24) is 10.2 Å². The third-order valence-electron chi connectivity index (χ3n) is 3.94. The Hall–Kier alpha value is -0.120. The van der Waals surface area contributed by atoms with E-state index in [0.717, 1.165) is 44.7 Å². The quantitative estimate of drug-likeness (QED) is 0.716. The molecule has 2 rings (SSSR count). The Labute approximate surface area is 99.5 Å². The van der Waals surface area contributed by atoms with Gasteiger partial charge >= 0.3 is 0 Å². The number of hydrogen-bond acceptors (Lipinski definition) is 3. The van der Waals surface area contributed by atoms with Crippen molar-refractivity contribution in [2.75, 3.05) is 45.9 Å². The monoisotopic (exact) mass is 226 g/mol. The van der Waals surface area contributed by atoms with Gasteiger partial charge in [-0.15, -0.1) is 0 Å². The molecule has 1 aliphatic heterocycles. The summed E-state index contributed by atoms with van der Waals surface area (Å²) < 4.78 is 5.34. The van der Waals surface area contributed by atoms with Crippen LogP contribution in [-0.4, -0.2) is 50.8 Å². The number of morpholine rings is 1. The molecule has 1 saturated carbocycles. The van der Waals surface area contributed by atoms with Gasteiger partial charge in [-0.05, 0) is 31.2 Å². The van der Waals surface area contributed by atoms with E-state index in [1.165, 1.54) is 32.4 Å². The fraction of sp³-hybridized carbons (Fsp3) is 1.00. The highest BCUT2D eigenvalue weighted by Crippen LogP contribution is 2.29. The lowest BCUT2D eigenvalue weighted by molar-refractivity contribution is 0.0383. The third kappa shape index (κ3) is 4.04. The molecule has 94 valence electrons. The van der Waals surface area contributed by atoms with Gasteiger partial charge in [0.05, 0.1) is 13.2 Å². The van der Waals surface area contributed by atoms with Crippen molar-refractivity contribution in [2.45, 2.75) is 26.2 Å². The van der Waals surface area contributed by atoms with Gasteiger partial charge in [0.1, 0.15) is 0 Å². The van der Waals surface area contributed by atoms with Crippen molar-refractivity contribution in [1.29, 1.82) is 0 Å². The maximum atomic E-state index is 5.34. The van der Waals surface area contributed by atoms with Gasteiger partial charge in [0.2, 0.25) is 0 Å². The second-order valence-electron chi connectivity index (χ2n) is 5.44. The zero-order valence-electron chi connectivity index (χ0n) is 10.6. The predicted molar refractivity (Wildman–Crippen MR) is 66.6 cm³/mol. The maximum Gasteiger partial charge on any atom is 0.0594 e. The topological polar surface area (TPSA) is 24.5 Å². The number of nitrogens with one attached hydrogen (secondary N) is 1. The average Bonchev–Trinajstić information content (AvgIpc) is 2.72. The smallest absolute Gasteiger partial charge is 0.0594 e. The van der Waals surface area contributed by atoms with Gasteiger partial charge in [-0.1, -0.05) is 13.3 Å². The van der Waals surface area contributed by atoms with Crippen LogP contribution in [0.4, 0.5) is 0 Å². The molecular weight excluding hydrogens is 200 g/mol. The number of nitrogens with zero attached hydrogens (tertiary/aromatic N) is 1. The Balaban J connectivity index is 1.48. The Morgan fingerprint density at radius 2 is 2.06 bits per heavy atom. The van der Waals surface area contributed by atoms with Crippen LogP contribution in [0.15, 0.2) is 0 Å². The maximum absolute atomic E-state index is 5.34. The number of hydrogen-bond donors (Lipinski definition) is 1. The summed E-state index contributed by atoms with van der Waals surface area (Å²) >= 11 is 0. The highest BCUT2D eigenvalue weighted by Gasteiger charge is 2.20. The summed E-state index contributed by atoms with van der Waals surface area (Å²) in [4.78, 5) is 2.49. The fourth-order valence-corrected chi connectivity index (χ4v) is 2.88. The standard InChI is InChI=1S/C13H26N2O/c1-12-2-3-13(10-12)11-14-4-5-15-6-8-16-9-7-15/h12-14H,2-11H2,1H3. The molecule has 0 amide bonds. The van der Waals surface area contributed by atoms with Crippen LogP contribution in [-0.2, 0) is 4.74 Å². The van der Waals surface area contributed by atoms with Crippen molar-refractivity contribution in [3.63, 3.8) is 0 Å². The van der Waals surface area contributed by atoms with Gasteiger partial charge in [-0.25, -0.2) is 0 Å². The molecule has 2 fully saturated rings. The van der Waals surface area contributed by atoms with Gasteiger partial charge in [0.25, 0.3) is 0 Å². The van der Waals surface area contributed by atoms with Crippen LogP contribution in [0, 0.1) is 11.8 Å². The molecule has 2 unspecified atom stereocenters. The average molecular weight is 226 g/mol. The van der Waals surface area contributed by atoms with Gasteiger partial charge < -0.3 is 10.1 Å². The van der Waals surface area contributed by atoms with Crippen molar-refractivity contribution < 1.29 is 4.74 Å².